The van der Waals surface area contributed by atoms with Crippen molar-refractivity contribution in [3.05, 3.63) is 47.2 Å². The number of rotatable bonds is 5. The van der Waals surface area contributed by atoms with E-state index in [0.29, 0.717) is 16.7 Å². The summed E-state index contributed by atoms with van der Waals surface area (Å²) in [5.41, 5.74) is 1.99. The molecule has 0 aromatic carbocycles. The Labute approximate surface area is 158 Å². The van der Waals surface area contributed by atoms with Crippen LogP contribution in [0, 0.1) is 6.92 Å². The fraction of sp³-hybridized carbons (Fsp3) is 0.421. The lowest BCUT2D eigenvalue weighted by atomic mass is 10.1. The molecule has 6 nitrogen and oxygen atoms in total. The van der Waals surface area contributed by atoms with Gasteiger partial charge < -0.3 is 9.32 Å². The van der Waals surface area contributed by atoms with Crippen molar-refractivity contribution in [2.75, 3.05) is 6.54 Å². The zero-order valence-electron chi connectivity index (χ0n) is 15.5. The molecule has 0 radical (unpaired) electrons. The highest BCUT2D eigenvalue weighted by Crippen LogP contribution is 2.40. The second kappa shape index (κ2) is 6.65. The average Bonchev–Trinajstić information content (AvgIpc) is 3.27. The molecule has 0 bridgehead atoms. The highest BCUT2D eigenvalue weighted by Gasteiger charge is 2.36. The monoisotopic (exact) mass is 392 g/mol. The topological polar surface area (TPSA) is 64.2 Å². The standard InChI is InChI=1S/C19H19F3N4O2/c1-11-16-14(8-15(12-5-6-12)23-17(16)25(2)24-11)18(27)26(10-19(20,21)22)9-13-4-3-7-28-13/h3-4,7-8,12H,5-6,9-10H2,1-2H3. The van der Waals surface area contributed by atoms with Crippen LogP contribution in [0.1, 0.15) is 46.3 Å². The number of fused-ring (bicyclic) bond motifs is 1. The second-order valence-electron chi connectivity index (χ2n) is 7.13. The summed E-state index contributed by atoms with van der Waals surface area (Å²) in [7, 11) is 1.71. The van der Waals surface area contributed by atoms with Gasteiger partial charge in [0.25, 0.3) is 5.91 Å². The Hall–Kier alpha value is -2.84. The molecule has 3 heterocycles. The Morgan fingerprint density at radius 1 is 1.39 bits per heavy atom. The van der Waals surface area contributed by atoms with Crippen molar-refractivity contribution in [3.8, 4) is 0 Å². The highest BCUT2D eigenvalue weighted by molar-refractivity contribution is 6.06. The van der Waals surface area contributed by atoms with Gasteiger partial charge in [0, 0.05) is 18.7 Å². The van der Waals surface area contributed by atoms with Crippen molar-refractivity contribution >= 4 is 16.9 Å². The van der Waals surface area contributed by atoms with Gasteiger partial charge >= 0.3 is 6.18 Å². The second-order valence-corrected chi connectivity index (χ2v) is 7.13. The first kappa shape index (κ1) is 18.5. The molecule has 1 aliphatic carbocycles. The van der Waals surface area contributed by atoms with E-state index < -0.39 is 18.6 Å². The molecule has 148 valence electrons. The number of hydrogen-bond acceptors (Lipinski definition) is 4. The molecule has 0 N–H and O–H groups in total. The van der Waals surface area contributed by atoms with Crippen LogP contribution in [0.2, 0.25) is 0 Å². The van der Waals surface area contributed by atoms with E-state index in [-0.39, 0.29) is 23.8 Å². The van der Waals surface area contributed by atoms with Gasteiger partial charge in [-0.25, -0.2) is 4.98 Å². The quantitative estimate of drug-likeness (QED) is 0.660. The van der Waals surface area contributed by atoms with E-state index in [2.05, 4.69) is 10.1 Å². The maximum atomic E-state index is 13.2. The van der Waals surface area contributed by atoms with Crippen molar-refractivity contribution in [1.29, 1.82) is 0 Å². The number of pyridine rings is 1. The number of aromatic nitrogens is 3. The van der Waals surface area contributed by atoms with E-state index in [1.807, 2.05) is 0 Å². The van der Waals surface area contributed by atoms with Gasteiger partial charge in [-0.2, -0.15) is 18.3 Å². The average molecular weight is 392 g/mol. The summed E-state index contributed by atoms with van der Waals surface area (Å²) in [5.74, 6) is -0.181. The predicted molar refractivity (Wildman–Crippen MR) is 94.7 cm³/mol. The summed E-state index contributed by atoms with van der Waals surface area (Å²) in [6, 6.07) is 4.75. The molecule has 0 atom stereocenters. The zero-order chi connectivity index (χ0) is 20.1. The number of carbonyl (C=O) groups excluding carboxylic acids is 1. The van der Waals surface area contributed by atoms with Gasteiger partial charge in [-0.05, 0) is 38.0 Å². The van der Waals surface area contributed by atoms with Gasteiger partial charge in [-0.15, -0.1) is 0 Å². The largest absolute Gasteiger partial charge is 0.467 e. The minimum absolute atomic E-state index is 0.202. The van der Waals surface area contributed by atoms with Crippen LogP contribution in [-0.4, -0.2) is 38.3 Å². The van der Waals surface area contributed by atoms with E-state index in [1.54, 1.807) is 36.9 Å². The van der Waals surface area contributed by atoms with Gasteiger partial charge in [-0.1, -0.05) is 0 Å². The van der Waals surface area contributed by atoms with Crippen LogP contribution >= 0.6 is 0 Å². The maximum Gasteiger partial charge on any atom is 0.406 e. The molecule has 1 saturated carbocycles. The van der Waals surface area contributed by atoms with Crippen LogP contribution in [0.4, 0.5) is 13.2 Å². The number of nitrogens with zero attached hydrogens (tertiary/aromatic N) is 4. The Kier molecular flexibility index (Phi) is 4.40. The Morgan fingerprint density at radius 2 is 2.14 bits per heavy atom. The Bertz CT molecular complexity index is 1020. The predicted octanol–water partition coefficient (Wildman–Crippen LogP) is 3.95. The third-order valence-electron chi connectivity index (χ3n) is 4.80. The fourth-order valence-corrected chi connectivity index (χ4v) is 3.40. The molecular weight excluding hydrogens is 373 g/mol. The maximum absolute atomic E-state index is 13.2. The smallest absolute Gasteiger partial charge is 0.406 e. The van der Waals surface area contributed by atoms with E-state index in [1.165, 1.54) is 6.26 Å². The molecule has 28 heavy (non-hydrogen) atoms. The van der Waals surface area contributed by atoms with Crippen molar-refractivity contribution < 1.29 is 22.4 Å². The van der Waals surface area contributed by atoms with Crippen LogP contribution < -0.4 is 0 Å². The van der Waals surface area contributed by atoms with E-state index in [0.717, 1.165) is 23.4 Å². The van der Waals surface area contributed by atoms with E-state index >= 15 is 0 Å². The van der Waals surface area contributed by atoms with Gasteiger partial charge in [0.2, 0.25) is 0 Å². The lowest BCUT2D eigenvalue weighted by molar-refractivity contribution is -0.142. The lowest BCUT2D eigenvalue weighted by Gasteiger charge is -2.23. The summed E-state index contributed by atoms with van der Waals surface area (Å²) in [5, 5.41) is 4.80. The van der Waals surface area contributed by atoms with Crippen molar-refractivity contribution in [3.63, 3.8) is 0 Å². The molecule has 9 heteroatoms. The zero-order valence-corrected chi connectivity index (χ0v) is 15.5. The normalized spacial score (nSPS) is 14.6. The number of hydrogen-bond donors (Lipinski definition) is 0. The fourth-order valence-electron chi connectivity index (χ4n) is 3.40. The molecular formula is C19H19F3N4O2. The highest BCUT2D eigenvalue weighted by atomic mass is 19.4. The molecule has 3 aromatic rings. The molecule has 1 amide bonds. The summed E-state index contributed by atoms with van der Waals surface area (Å²) in [4.78, 5) is 18.6. The van der Waals surface area contributed by atoms with Gasteiger partial charge in [0.15, 0.2) is 5.65 Å². The minimum atomic E-state index is -4.53. The molecule has 0 spiro atoms. The molecule has 0 saturated heterocycles. The van der Waals surface area contributed by atoms with Crippen LogP contribution in [-0.2, 0) is 13.6 Å². The number of amides is 1. The Morgan fingerprint density at radius 3 is 2.75 bits per heavy atom. The summed E-state index contributed by atoms with van der Waals surface area (Å²) < 4.78 is 46.2. The molecule has 1 fully saturated rings. The molecule has 3 aromatic heterocycles. The minimum Gasteiger partial charge on any atom is -0.467 e. The molecule has 0 unspecified atom stereocenters. The first-order chi connectivity index (χ1) is 13.2. The van der Waals surface area contributed by atoms with Crippen molar-refractivity contribution in [2.45, 2.75) is 38.4 Å². The first-order valence-corrected chi connectivity index (χ1v) is 8.95. The summed E-state index contributed by atoms with van der Waals surface area (Å²) in [6.45, 7) is 0.0832. The van der Waals surface area contributed by atoms with Crippen LogP contribution in [0.15, 0.2) is 28.9 Å². The number of furan rings is 1. The van der Waals surface area contributed by atoms with Gasteiger partial charge in [-0.3, -0.25) is 9.48 Å². The lowest BCUT2D eigenvalue weighted by Crippen LogP contribution is -2.38. The number of halogens is 3. The number of carbonyl (C=O) groups is 1. The molecule has 4 rings (SSSR count). The Balaban J connectivity index is 1.80. The molecule has 1 aliphatic rings. The van der Waals surface area contributed by atoms with Crippen LogP contribution in [0.3, 0.4) is 0 Å². The SMILES string of the molecule is Cc1nn(C)c2nc(C3CC3)cc(C(=O)N(Cc3ccco3)CC(F)(F)F)c12. The third-order valence-corrected chi connectivity index (χ3v) is 4.80. The van der Waals surface area contributed by atoms with Crippen LogP contribution in [0.5, 0.6) is 0 Å². The number of alkyl halides is 3. The third kappa shape index (κ3) is 3.61. The van der Waals surface area contributed by atoms with Crippen LogP contribution in [0.25, 0.3) is 11.0 Å². The molecule has 0 aliphatic heterocycles. The van der Waals surface area contributed by atoms with Gasteiger partial charge in [0.05, 0.1) is 29.5 Å². The van der Waals surface area contributed by atoms with Crippen molar-refractivity contribution in [1.82, 2.24) is 19.7 Å². The van der Waals surface area contributed by atoms with E-state index in [4.69, 9.17) is 4.42 Å². The van der Waals surface area contributed by atoms with Crippen molar-refractivity contribution in [2.24, 2.45) is 7.05 Å². The first-order valence-electron chi connectivity index (χ1n) is 8.95. The van der Waals surface area contributed by atoms with Gasteiger partial charge in [0.1, 0.15) is 12.3 Å². The number of aryl methyl sites for hydroxylation is 2. The summed E-state index contributed by atoms with van der Waals surface area (Å²) >= 11 is 0. The summed E-state index contributed by atoms with van der Waals surface area (Å²) in [6.07, 6.45) is -1.24. The van der Waals surface area contributed by atoms with E-state index in [9.17, 15) is 18.0 Å².